The summed E-state index contributed by atoms with van der Waals surface area (Å²) >= 11 is 0. The molecule has 1 heterocycles. The Morgan fingerprint density at radius 1 is 1.31 bits per heavy atom. The summed E-state index contributed by atoms with van der Waals surface area (Å²) in [5, 5.41) is 6.36. The molecule has 2 rings (SSSR count). The first-order chi connectivity index (χ1) is 7.84. The first-order valence-corrected chi connectivity index (χ1v) is 6.46. The van der Waals surface area contributed by atoms with Crippen LogP contribution in [-0.4, -0.2) is 37.7 Å². The molecule has 4 heteroatoms. The van der Waals surface area contributed by atoms with Crippen molar-refractivity contribution in [2.24, 2.45) is 0 Å². The fourth-order valence-corrected chi connectivity index (χ4v) is 2.49. The molecule has 4 nitrogen and oxygen atoms in total. The van der Waals surface area contributed by atoms with Crippen LogP contribution in [0.5, 0.6) is 0 Å². The van der Waals surface area contributed by atoms with Gasteiger partial charge in [0.15, 0.2) is 0 Å². The van der Waals surface area contributed by atoms with E-state index in [0.29, 0.717) is 12.5 Å². The molecule has 1 aliphatic heterocycles. The highest BCUT2D eigenvalue weighted by Gasteiger charge is 2.20. The first-order valence-electron chi connectivity index (χ1n) is 6.46. The number of amides is 1. The molecule has 16 heavy (non-hydrogen) atoms. The second kappa shape index (κ2) is 6.21. The number of hydrogen-bond acceptors (Lipinski definition) is 3. The van der Waals surface area contributed by atoms with E-state index in [1.54, 1.807) is 0 Å². The number of rotatable bonds is 3. The highest BCUT2D eigenvalue weighted by atomic mass is 16.5. The van der Waals surface area contributed by atoms with E-state index in [1.807, 2.05) is 0 Å². The van der Waals surface area contributed by atoms with Crippen molar-refractivity contribution in [3.8, 4) is 0 Å². The van der Waals surface area contributed by atoms with Crippen LogP contribution in [0.1, 0.15) is 38.5 Å². The second-order valence-corrected chi connectivity index (χ2v) is 4.80. The number of hydrogen-bond donors (Lipinski definition) is 2. The summed E-state index contributed by atoms with van der Waals surface area (Å²) in [4.78, 5) is 11.8. The van der Waals surface area contributed by atoms with Gasteiger partial charge in [-0.2, -0.15) is 0 Å². The van der Waals surface area contributed by atoms with Gasteiger partial charge in [-0.05, 0) is 12.8 Å². The summed E-state index contributed by atoms with van der Waals surface area (Å²) in [6.45, 7) is 2.43. The number of carbonyl (C=O) groups excluding carboxylic acids is 1. The van der Waals surface area contributed by atoms with Gasteiger partial charge < -0.3 is 15.4 Å². The lowest BCUT2D eigenvalue weighted by atomic mass is 9.95. The van der Waals surface area contributed by atoms with Crippen LogP contribution in [0.25, 0.3) is 0 Å². The molecule has 92 valence electrons. The van der Waals surface area contributed by atoms with E-state index in [1.165, 1.54) is 19.3 Å². The van der Waals surface area contributed by atoms with E-state index in [9.17, 15) is 4.79 Å². The third-order valence-electron chi connectivity index (χ3n) is 3.39. The van der Waals surface area contributed by atoms with Crippen LogP contribution in [0.15, 0.2) is 0 Å². The zero-order valence-electron chi connectivity index (χ0n) is 9.84. The van der Waals surface area contributed by atoms with Crippen LogP contribution in [0.2, 0.25) is 0 Å². The van der Waals surface area contributed by atoms with Crippen molar-refractivity contribution in [2.75, 3.05) is 19.7 Å². The summed E-state index contributed by atoms with van der Waals surface area (Å²) in [5.74, 6) is 0.153. The second-order valence-electron chi connectivity index (χ2n) is 4.80. The molecule has 1 saturated heterocycles. The number of ether oxygens (including phenoxy) is 1. The van der Waals surface area contributed by atoms with Crippen molar-refractivity contribution in [3.05, 3.63) is 0 Å². The fourth-order valence-electron chi connectivity index (χ4n) is 2.49. The van der Waals surface area contributed by atoms with Gasteiger partial charge in [-0.3, -0.25) is 4.79 Å². The number of morpholine rings is 1. The summed E-state index contributed by atoms with van der Waals surface area (Å²) in [7, 11) is 0. The Bertz CT molecular complexity index is 199. The Morgan fingerprint density at radius 3 is 2.81 bits per heavy atom. The maximum Gasteiger partial charge on any atom is 0.222 e. The van der Waals surface area contributed by atoms with E-state index in [4.69, 9.17) is 4.74 Å². The Kier molecular flexibility index (Phi) is 4.60. The minimum absolute atomic E-state index is 0.0670. The van der Waals surface area contributed by atoms with Crippen molar-refractivity contribution in [1.29, 1.82) is 0 Å². The van der Waals surface area contributed by atoms with E-state index < -0.39 is 0 Å². The average Bonchev–Trinajstić information content (AvgIpc) is 2.31. The zero-order valence-corrected chi connectivity index (χ0v) is 9.84. The van der Waals surface area contributed by atoms with E-state index in [2.05, 4.69) is 10.6 Å². The molecule has 1 amide bonds. The lowest BCUT2D eigenvalue weighted by molar-refractivity contribution is -0.125. The summed E-state index contributed by atoms with van der Waals surface area (Å²) in [6.07, 6.45) is 6.70. The summed E-state index contributed by atoms with van der Waals surface area (Å²) < 4.78 is 5.51. The molecule has 1 atom stereocenters. The van der Waals surface area contributed by atoms with Crippen molar-refractivity contribution in [1.82, 2.24) is 10.6 Å². The zero-order chi connectivity index (χ0) is 11.2. The van der Waals surface area contributed by atoms with Gasteiger partial charge in [0.2, 0.25) is 5.91 Å². The smallest absolute Gasteiger partial charge is 0.222 e. The van der Waals surface area contributed by atoms with E-state index >= 15 is 0 Å². The summed E-state index contributed by atoms with van der Waals surface area (Å²) in [6, 6.07) is 0.415. The standard InChI is InChI=1S/C12H22N2O2/c15-12(8-11-9-13-6-7-16-11)14-10-4-2-1-3-5-10/h10-11,13H,1-9H2,(H,14,15). The quantitative estimate of drug-likeness (QED) is 0.749. The topological polar surface area (TPSA) is 50.4 Å². The highest BCUT2D eigenvalue weighted by molar-refractivity contribution is 5.76. The summed E-state index contributed by atoms with van der Waals surface area (Å²) in [5.41, 5.74) is 0. The lowest BCUT2D eigenvalue weighted by Gasteiger charge is -2.26. The SMILES string of the molecule is O=C(CC1CNCCO1)NC1CCCCC1. The highest BCUT2D eigenvalue weighted by Crippen LogP contribution is 2.17. The van der Waals surface area contributed by atoms with Crippen molar-refractivity contribution >= 4 is 5.91 Å². The van der Waals surface area contributed by atoms with Crippen molar-refractivity contribution in [2.45, 2.75) is 50.7 Å². The van der Waals surface area contributed by atoms with Gasteiger partial charge in [0.1, 0.15) is 0 Å². The molecule has 1 aliphatic carbocycles. The Labute approximate surface area is 97.1 Å². The minimum atomic E-state index is 0.0670. The minimum Gasteiger partial charge on any atom is -0.375 e. The molecule has 0 aromatic heterocycles. The van der Waals surface area contributed by atoms with Crippen LogP contribution in [0, 0.1) is 0 Å². The molecule has 0 aromatic carbocycles. The predicted molar refractivity (Wildman–Crippen MR) is 62.2 cm³/mol. The third kappa shape index (κ3) is 3.76. The molecular weight excluding hydrogens is 204 g/mol. The van der Waals surface area contributed by atoms with Crippen LogP contribution in [0.3, 0.4) is 0 Å². The Balaban J connectivity index is 1.66. The fraction of sp³-hybridized carbons (Fsp3) is 0.917. The predicted octanol–water partition coefficient (Wildman–Crippen LogP) is 0.814. The van der Waals surface area contributed by atoms with Crippen molar-refractivity contribution in [3.63, 3.8) is 0 Å². The number of carbonyl (C=O) groups is 1. The van der Waals surface area contributed by atoms with Crippen LogP contribution >= 0.6 is 0 Å². The van der Waals surface area contributed by atoms with Crippen LogP contribution in [0.4, 0.5) is 0 Å². The van der Waals surface area contributed by atoms with Gasteiger partial charge in [-0.15, -0.1) is 0 Å². The molecule has 0 spiro atoms. The van der Waals surface area contributed by atoms with E-state index in [-0.39, 0.29) is 12.0 Å². The monoisotopic (exact) mass is 226 g/mol. The normalized spacial score (nSPS) is 27.6. The van der Waals surface area contributed by atoms with Gasteiger partial charge in [-0.1, -0.05) is 19.3 Å². The lowest BCUT2D eigenvalue weighted by Crippen LogP contribution is -2.43. The third-order valence-corrected chi connectivity index (χ3v) is 3.39. The molecule has 2 fully saturated rings. The molecule has 0 bridgehead atoms. The maximum absolute atomic E-state index is 11.8. The molecule has 1 unspecified atom stereocenters. The van der Waals surface area contributed by atoms with Crippen LogP contribution < -0.4 is 10.6 Å². The van der Waals surface area contributed by atoms with Gasteiger partial charge in [0, 0.05) is 19.1 Å². The van der Waals surface area contributed by atoms with Gasteiger partial charge in [0.25, 0.3) is 0 Å². The van der Waals surface area contributed by atoms with Gasteiger partial charge in [0.05, 0.1) is 19.1 Å². The average molecular weight is 226 g/mol. The Hall–Kier alpha value is -0.610. The van der Waals surface area contributed by atoms with E-state index in [0.717, 1.165) is 32.5 Å². The number of nitrogens with one attached hydrogen (secondary N) is 2. The van der Waals surface area contributed by atoms with Crippen LogP contribution in [-0.2, 0) is 9.53 Å². The maximum atomic E-state index is 11.8. The molecule has 0 aromatic rings. The molecule has 0 radical (unpaired) electrons. The molecule has 2 aliphatic rings. The largest absolute Gasteiger partial charge is 0.375 e. The van der Waals surface area contributed by atoms with Gasteiger partial charge in [-0.25, -0.2) is 0 Å². The molecule has 2 N–H and O–H groups in total. The van der Waals surface area contributed by atoms with Crippen molar-refractivity contribution < 1.29 is 9.53 Å². The van der Waals surface area contributed by atoms with Gasteiger partial charge >= 0.3 is 0 Å². The first kappa shape index (κ1) is 11.9. The molecular formula is C12H22N2O2. The molecule has 1 saturated carbocycles. The Morgan fingerprint density at radius 2 is 2.12 bits per heavy atom.